The van der Waals surface area contributed by atoms with Crippen molar-refractivity contribution < 1.29 is 9.50 Å². The van der Waals surface area contributed by atoms with Crippen molar-refractivity contribution in [2.24, 2.45) is 0 Å². The van der Waals surface area contributed by atoms with Crippen LogP contribution in [0.25, 0.3) is 0 Å². The maximum absolute atomic E-state index is 13.6. The fourth-order valence-electron chi connectivity index (χ4n) is 1.61. The number of anilines is 1. The highest BCUT2D eigenvalue weighted by Gasteiger charge is 2.09. The summed E-state index contributed by atoms with van der Waals surface area (Å²) < 4.78 is 13.6. The Morgan fingerprint density at radius 1 is 1.44 bits per heavy atom. The van der Waals surface area contributed by atoms with Crippen LogP contribution >= 0.6 is 0 Å². The molecule has 0 aliphatic carbocycles. The lowest BCUT2D eigenvalue weighted by Crippen LogP contribution is -2.25. The molecule has 0 bridgehead atoms. The highest BCUT2D eigenvalue weighted by atomic mass is 19.1. The number of nitrogens with two attached hydrogens (primary N) is 1. The third-order valence-corrected chi connectivity index (χ3v) is 2.58. The van der Waals surface area contributed by atoms with Crippen LogP contribution < -0.4 is 5.73 Å². The summed E-state index contributed by atoms with van der Waals surface area (Å²) in [6, 6.07) is 5.06. The first-order valence-corrected chi connectivity index (χ1v) is 5.55. The zero-order valence-corrected chi connectivity index (χ0v) is 9.62. The molecule has 1 rings (SSSR count). The molecule has 0 radical (unpaired) electrons. The van der Waals surface area contributed by atoms with Crippen molar-refractivity contribution in [3.8, 4) is 0 Å². The van der Waals surface area contributed by atoms with Crippen molar-refractivity contribution in [2.45, 2.75) is 19.9 Å². The van der Waals surface area contributed by atoms with Crippen LogP contribution in [-0.2, 0) is 6.54 Å². The third kappa shape index (κ3) is 3.47. The zero-order chi connectivity index (χ0) is 12.0. The molecule has 16 heavy (non-hydrogen) atoms. The number of aliphatic hydroxyl groups excluding tert-OH is 1. The van der Waals surface area contributed by atoms with Crippen molar-refractivity contribution in [3.05, 3.63) is 29.6 Å². The second-order valence-electron chi connectivity index (χ2n) is 3.77. The fraction of sp³-hybridized carbons (Fsp3) is 0.500. The van der Waals surface area contributed by atoms with E-state index in [4.69, 9.17) is 10.8 Å². The summed E-state index contributed by atoms with van der Waals surface area (Å²) in [5.74, 6) is -0.329. The van der Waals surface area contributed by atoms with Gasteiger partial charge in [-0.3, -0.25) is 4.90 Å². The van der Waals surface area contributed by atoms with E-state index in [1.54, 1.807) is 18.2 Å². The molecule has 0 unspecified atom stereocenters. The first kappa shape index (κ1) is 12.9. The van der Waals surface area contributed by atoms with E-state index in [0.717, 1.165) is 13.1 Å². The number of nitrogen functional groups attached to an aromatic ring is 1. The lowest BCUT2D eigenvalue weighted by molar-refractivity contribution is 0.224. The van der Waals surface area contributed by atoms with Crippen LogP contribution in [0.1, 0.15) is 18.9 Å². The van der Waals surface area contributed by atoms with Crippen molar-refractivity contribution in [1.82, 2.24) is 4.90 Å². The number of hydrogen-bond acceptors (Lipinski definition) is 3. The lowest BCUT2D eigenvalue weighted by Gasteiger charge is -2.20. The lowest BCUT2D eigenvalue weighted by atomic mass is 10.1. The summed E-state index contributed by atoms with van der Waals surface area (Å²) >= 11 is 0. The van der Waals surface area contributed by atoms with Gasteiger partial charge in [0.25, 0.3) is 0 Å². The minimum Gasteiger partial charge on any atom is -0.396 e. The normalized spacial score (nSPS) is 11.0. The SMILES string of the molecule is CCN(CCCO)Cc1cccc(N)c1F. The Hall–Kier alpha value is -1.13. The van der Waals surface area contributed by atoms with E-state index in [9.17, 15) is 4.39 Å². The largest absolute Gasteiger partial charge is 0.396 e. The van der Waals surface area contributed by atoms with Gasteiger partial charge in [0.05, 0.1) is 5.69 Å². The van der Waals surface area contributed by atoms with Crippen LogP contribution in [0.4, 0.5) is 10.1 Å². The number of nitrogens with zero attached hydrogens (tertiary/aromatic N) is 1. The average Bonchev–Trinajstić information content (AvgIpc) is 2.30. The summed E-state index contributed by atoms with van der Waals surface area (Å²) in [4.78, 5) is 2.08. The maximum atomic E-state index is 13.6. The quantitative estimate of drug-likeness (QED) is 0.725. The number of benzene rings is 1. The summed E-state index contributed by atoms with van der Waals surface area (Å²) in [7, 11) is 0. The molecular formula is C12H19FN2O. The molecule has 0 saturated carbocycles. The average molecular weight is 226 g/mol. The van der Waals surface area contributed by atoms with Crippen molar-refractivity contribution in [1.29, 1.82) is 0 Å². The van der Waals surface area contributed by atoms with Gasteiger partial charge in [0.15, 0.2) is 5.82 Å². The molecule has 0 aliphatic rings. The van der Waals surface area contributed by atoms with Gasteiger partial charge >= 0.3 is 0 Å². The highest BCUT2D eigenvalue weighted by molar-refractivity contribution is 5.42. The summed E-state index contributed by atoms with van der Waals surface area (Å²) in [5, 5.41) is 8.75. The van der Waals surface area contributed by atoms with Gasteiger partial charge in [0, 0.05) is 25.3 Å². The van der Waals surface area contributed by atoms with Gasteiger partial charge in [-0.25, -0.2) is 4.39 Å². The molecule has 0 amide bonds. The Morgan fingerprint density at radius 2 is 2.19 bits per heavy atom. The van der Waals surface area contributed by atoms with Crippen LogP contribution in [0.3, 0.4) is 0 Å². The molecule has 3 N–H and O–H groups in total. The van der Waals surface area contributed by atoms with Gasteiger partial charge in [-0.2, -0.15) is 0 Å². The number of halogens is 1. The molecule has 0 aliphatic heterocycles. The Kier molecular flexibility index (Phi) is 5.22. The van der Waals surface area contributed by atoms with Crippen molar-refractivity contribution in [3.63, 3.8) is 0 Å². The molecule has 1 aromatic carbocycles. The molecule has 1 aromatic rings. The first-order chi connectivity index (χ1) is 7.69. The second kappa shape index (κ2) is 6.45. The summed E-state index contributed by atoms with van der Waals surface area (Å²) in [6.07, 6.45) is 0.706. The number of aliphatic hydroxyl groups is 1. The van der Waals surface area contributed by atoms with Crippen LogP contribution in [0, 0.1) is 5.82 Å². The van der Waals surface area contributed by atoms with Gasteiger partial charge in [-0.15, -0.1) is 0 Å². The second-order valence-corrected chi connectivity index (χ2v) is 3.77. The number of hydrogen-bond donors (Lipinski definition) is 2. The monoisotopic (exact) mass is 226 g/mol. The fourth-order valence-corrected chi connectivity index (χ4v) is 1.61. The minimum absolute atomic E-state index is 0.163. The molecule has 0 spiro atoms. The first-order valence-electron chi connectivity index (χ1n) is 5.55. The van der Waals surface area contributed by atoms with Gasteiger partial charge < -0.3 is 10.8 Å². The van der Waals surface area contributed by atoms with E-state index in [0.29, 0.717) is 18.5 Å². The molecular weight excluding hydrogens is 207 g/mol. The van der Waals surface area contributed by atoms with Gasteiger partial charge in [-0.05, 0) is 19.0 Å². The predicted octanol–water partition coefficient (Wildman–Crippen LogP) is 1.61. The van der Waals surface area contributed by atoms with E-state index < -0.39 is 0 Å². The molecule has 3 nitrogen and oxygen atoms in total. The van der Waals surface area contributed by atoms with E-state index in [2.05, 4.69) is 4.90 Å². The predicted molar refractivity (Wildman–Crippen MR) is 63.5 cm³/mol. The van der Waals surface area contributed by atoms with Crippen molar-refractivity contribution >= 4 is 5.69 Å². The third-order valence-electron chi connectivity index (χ3n) is 2.58. The Labute approximate surface area is 95.7 Å². The van der Waals surface area contributed by atoms with Crippen LogP contribution in [0.2, 0.25) is 0 Å². The van der Waals surface area contributed by atoms with Crippen LogP contribution in [0.15, 0.2) is 18.2 Å². The Bertz CT molecular complexity index is 331. The van der Waals surface area contributed by atoms with Gasteiger partial charge in [0.1, 0.15) is 0 Å². The zero-order valence-electron chi connectivity index (χ0n) is 9.62. The Balaban J connectivity index is 2.66. The van der Waals surface area contributed by atoms with Crippen molar-refractivity contribution in [2.75, 3.05) is 25.4 Å². The van der Waals surface area contributed by atoms with Crippen LogP contribution in [-0.4, -0.2) is 29.7 Å². The molecule has 0 atom stereocenters. The maximum Gasteiger partial charge on any atom is 0.150 e. The molecule has 0 aromatic heterocycles. The summed E-state index contributed by atoms with van der Waals surface area (Å²) in [6.45, 7) is 4.31. The van der Waals surface area contributed by atoms with Gasteiger partial charge in [-0.1, -0.05) is 19.1 Å². The molecule has 0 fully saturated rings. The summed E-state index contributed by atoms with van der Waals surface area (Å²) in [5.41, 5.74) is 6.31. The molecule has 90 valence electrons. The van der Waals surface area contributed by atoms with Crippen LogP contribution in [0.5, 0.6) is 0 Å². The Morgan fingerprint density at radius 3 is 2.81 bits per heavy atom. The minimum atomic E-state index is -0.329. The smallest absolute Gasteiger partial charge is 0.150 e. The van der Waals surface area contributed by atoms with E-state index in [-0.39, 0.29) is 18.1 Å². The highest BCUT2D eigenvalue weighted by Crippen LogP contribution is 2.16. The van der Waals surface area contributed by atoms with E-state index >= 15 is 0 Å². The van der Waals surface area contributed by atoms with E-state index in [1.807, 2.05) is 6.92 Å². The molecule has 0 heterocycles. The topological polar surface area (TPSA) is 49.5 Å². The molecule has 4 heteroatoms. The molecule has 0 saturated heterocycles. The number of rotatable bonds is 6. The van der Waals surface area contributed by atoms with Gasteiger partial charge in [0.2, 0.25) is 0 Å². The standard InChI is InChI=1S/C12H19FN2O/c1-2-15(7-4-8-16)9-10-5-3-6-11(14)12(10)13/h3,5-6,16H,2,4,7-9,14H2,1H3. The van der Waals surface area contributed by atoms with E-state index in [1.165, 1.54) is 0 Å².